The number of halogens is 1. The van der Waals surface area contributed by atoms with Crippen LogP contribution in [0.15, 0.2) is 24.3 Å². The molecule has 0 spiro atoms. The summed E-state index contributed by atoms with van der Waals surface area (Å²) in [6, 6.07) is 9.30. The van der Waals surface area contributed by atoms with Crippen molar-refractivity contribution in [3.8, 4) is 6.07 Å². The van der Waals surface area contributed by atoms with Crippen LogP contribution in [0.3, 0.4) is 0 Å². The van der Waals surface area contributed by atoms with Gasteiger partial charge in [0.15, 0.2) is 0 Å². The van der Waals surface area contributed by atoms with Crippen molar-refractivity contribution in [3.63, 3.8) is 0 Å². The van der Waals surface area contributed by atoms with E-state index in [0.717, 1.165) is 16.7 Å². The Kier molecular flexibility index (Phi) is 2.67. The lowest BCUT2D eigenvalue weighted by atomic mass is 10.1. The largest absolute Gasteiger partial charge is 0.363 e. The van der Waals surface area contributed by atoms with Crippen molar-refractivity contribution in [1.29, 1.82) is 5.26 Å². The van der Waals surface area contributed by atoms with Gasteiger partial charge in [-0.3, -0.25) is 0 Å². The smallest absolute Gasteiger partial charge is 0.130 e. The molecule has 0 aliphatic carbocycles. The Morgan fingerprint density at radius 2 is 2.06 bits per heavy atom. The third kappa shape index (κ3) is 1.80. The molecule has 0 saturated heterocycles. The summed E-state index contributed by atoms with van der Waals surface area (Å²) in [4.78, 5) is 6.31. The van der Waals surface area contributed by atoms with Gasteiger partial charge >= 0.3 is 0 Å². The molecular weight excluding hydrogens is 222 g/mol. The molecule has 0 fully saturated rings. The maximum atomic E-state index is 9.09. The highest BCUT2D eigenvalue weighted by atomic mass is 35.5. The minimum Gasteiger partial charge on any atom is -0.363 e. The van der Waals surface area contributed by atoms with Crippen LogP contribution in [0.4, 0.5) is 5.82 Å². The molecule has 0 bridgehead atoms. The van der Waals surface area contributed by atoms with Gasteiger partial charge in [-0.05, 0) is 24.3 Å². The molecular formula is C12H10ClN3. The summed E-state index contributed by atoms with van der Waals surface area (Å²) in [7, 11) is 3.79. The number of fused-ring (bicyclic) bond motifs is 1. The molecule has 0 saturated carbocycles. The Hall–Kier alpha value is -1.79. The lowest BCUT2D eigenvalue weighted by Gasteiger charge is -2.12. The van der Waals surface area contributed by atoms with Crippen molar-refractivity contribution in [2.45, 2.75) is 0 Å². The normalized spacial score (nSPS) is 10.1. The molecule has 1 heterocycles. The average molecular weight is 232 g/mol. The fourth-order valence-electron chi connectivity index (χ4n) is 1.51. The molecule has 80 valence electrons. The van der Waals surface area contributed by atoms with E-state index in [1.165, 1.54) is 0 Å². The molecule has 0 atom stereocenters. The highest BCUT2D eigenvalue weighted by Gasteiger charge is 2.07. The molecule has 0 aliphatic rings. The summed E-state index contributed by atoms with van der Waals surface area (Å²) < 4.78 is 0. The zero-order valence-electron chi connectivity index (χ0n) is 9.03. The summed E-state index contributed by atoms with van der Waals surface area (Å²) in [5, 5.41) is 10.5. The first-order valence-corrected chi connectivity index (χ1v) is 5.17. The second-order valence-electron chi connectivity index (χ2n) is 3.70. The molecule has 2 aromatic rings. The fraction of sp³-hybridized carbons (Fsp3) is 0.167. The van der Waals surface area contributed by atoms with E-state index in [4.69, 9.17) is 16.9 Å². The Bertz CT molecular complexity index is 585. The summed E-state index contributed by atoms with van der Waals surface area (Å²) in [5.41, 5.74) is 1.38. The van der Waals surface area contributed by atoms with E-state index in [-0.39, 0.29) is 0 Å². The van der Waals surface area contributed by atoms with Gasteiger partial charge in [-0.15, -0.1) is 0 Å². The van der Waals surface area contributed by atoms with E-state index in [2.05, 4.69) is 11.1 Å². The van der Waals surface area contributed by atoms with Gasteiger partial charge in [0.25, 0.3) is 0 Å². The van der Waals surface area contributed by atoms with Crippen molar-refractivity contribution < 1.29 is 0 Å². The SMILES string of the molecule is CN(C)c1cc(C#N)c2cc(Cl)ccc2n1. The van der Waals surface area contributed by atoms with Gasteiger partial charge < -0.3 is 4.90 Å². The van der Waals surface area contributed by atoms with Crippen molar-refractivity contribution in [1.82, 2.24) is 4.98 Å². The van der Waals surface area contributed by atoms with Crippen LogP contribution in [-0.2, 0) is 0 Å². The molecule has 4 heteroatoms. The van der Waals surface area contributed by atoms with Crippen molar-refractivity contribution in [3.05, 3.63) is 34.9 Å². The van der Waals surface area contributed by atoms with Gasteiger partial charge in [0.05, 0.1) is 17.1 Å². The van der Waals surface area contributed by atoms with Gasteiger partial charge in [0, 0.05) is 24.5 Å². The summed E-state index contributed by atoms with van der Waals surface area (Å²) in [6.45, 7) is 0. The average Bonchev–Trinajstić information content (AvgIpc) is 2.27. The van der Waals surface area contributed by atoms with Crippen LogP contribution in [0.2, 0.25) is 5.02 Å². The van der Waals surface area contributed by atoms with Crippen LogP contribution in [0.5, 0.6) is 0 Å². The predicted molar refractivity (Wildman–Crippen MR) is 65.8 cm³/mol. The standard InChI is InChI=1S/C12H10ClN3/c1-16(2)12-5-8(7-14)10-6-9(13)3-4-11(10)15-12/h3-6H,1-2H3. The third-order valence-corrected chi connectivity index (χ3v) is 2.57. The minimum atomic E-state index is 0.594. The van der Waals surface area contributed by atoms with E-state index >= 15 is 0 Å². The molecule has 0 radical (unpaired) electrons. The van der Waals surface area contributed by atoms with Crippen LogP contribution in [-0.4, -0.2) is 19.1 Å². The van der Waals surface area contributed by atoms with Gasteiger partial charge in [0.2, 0.25) is 0 Å². The molecule has 0 N–H and O–H groups in total. The van der Waals surface area contributed by atoms with Crippen LogP contribution in [0.1, 0.15) is 5.56 Å². The Balaban J connectivity index is 2.80. The lowest BCUT2D eigenvalue weighted by Crippen LogP contribution is -2.10. The van der Waals surface area contributed by atoms with Crippen LogP contribution in [0, 0.1) is 11.3 Å². The van der Waals surface area contributed by atoms with Gasteiger partial charge in [-0.25, -0.2) is 4.98 Å². The van der Waals surface area contributed by atoms with Crippen LogP contribution >= 0.6 is 11.6 Å². The first-order chi connectivity index (χ1) is 7.61. The number of anilines is 1. The fourth-order valence-corrected chi connectivity index (χ4v) is 1.68. The van der Waals surface area contributed by atoms with E-state index in [1.54, 1.807) is 18.2 Å². The molecule has 3 nitrogen and oxygen atoms in total. The number of hydrogen-bond acceptors (Lipinski definition) is 3. The molecule has 1 aromatic heterocycles. The maximum absolute atomic E-state index is 9.09. The Morgan fingerprint density at radius 3 is 2.69 bits per heavy atom. The maximum Gasteiger partial charge on any atom is 0.130 e. The van der Waals surface area contributed by atoms with Crippen molar-refractivity contribution in [2.75, 3.05) is 19.0 Å². The van der Waals surface area contributed by atoms with Gasteiger partial charge in [0.1, 0.15) is 5.82 Å². The van der Waals surface area contributed by atoms with E-state index in [1.807, 2.05) is 25.1 Å². The zero-order chi connectivity index (χ0) is 11.7. The lowest BCUT2D eigenvalue weighted by molar-refractivity contribution is 1.08. The summed E-state index contributed by atoms with van der Waals surface area (Å²) in [5.74, 6) is 0.770. The van der Waals surface area contributed by atoms with E-state index in [9.17, 15) is 0 Å². The zero-order valence-corrected chi connectivity index (χ0v) is 9.78. The van der Waals surface area contributed by atoms with Crippen LogP contribution < -0.4 is 4.90 Å². The monoisotopic (exact) mass is 231 g/mol. The second kappa shape index (κ2) is 3.99. The molecule has 0 aliphatic heterocycles. The van der Waals surface area contributed by atoms with E-state index in [0.29, 0.717) is 10.6 Å². The number of rotatable bonds is 1. The predicted octanol–water partition coefficient (Wildman–Crippen LogP) is 2.83. The van der Waals surface area contributed by atoms with Gasteiger partial charge in [-0.2, -0.15) is 5.26 Å². The number of nitrogens with zero attached hydrogens (tertiary/aromatic N) is 3. The first-order valence-electron chi connectivity index (χ1n) is 4.79. The highest BCUT2D eigenvalue weighted by Crippen LogP contribution is 2.24. The molecule has 2 rings (SSSR count). The summed E-state index contributed by atoms with van der Waals surface area (Å²) in [6.07, 6.45) is 0. The molecule has 16 heavy (non-hydrogen) atoms. The Labute approximate surface area is 98.9 Å². The second-order valence-corrected chi connectivity index (χ2v) is 4.13. The third-order valence-electron chi connectivity index (χ3n) is 2.34. The molecule has 1 aromatic carbocycles. The van der Waals surface area contributed by atoms with Crippen LogP contribution in [0.25, 0.3) is 10.9 Å². The quantitative estimate of drug-likeness (QED) is 0.758. The topological polar surface area (TPSA) is 39.9 Å². The number of hydrogen-bond donors (Lipinski definition) is 0. The van der Waals surface area contributed by atoms with Gasteiger partial charge in [-0.1, -0.05) is 11.6 Å². The minimum absolute atomic E-state index is 0.594. The molecule has 0 unspecified atom stereocenters. The number of aromatic nitrogens is 1. The number of pyridine rings is 1. The first kappa shape index (κ1) is 10.7. The van der Waals surface area contributed by atoms with Crippen molar-refractivity contribution in [2.24, 2.45) is 0 Å². The number of nitriles is 1. The number of benzene rings is 1. The van der Waals surface area contributed by atoms with Crippen molar-refractivity contribution >= 4 is 28.3 Å². The highest BCUT2D eigenvalue weighted by molar-refractivity contribution is 6.31. The molecule has 0 amide bonds. The summed E-state index contributed by atoms with van der Waals surface area (Å²) >= 11 is 5.90. The Morgan fingerprint density at radius 1 is 1.31 bits per heavy atom. The van der Waals surface area contributed by atoms with E-state index < -0.39 is 0 Å².